The Kier molecular flexibility index (Phi) is 6.70. The molecule has 0 fully saturated rings. The van der Waals surface area contributed by atoms with Gasteiger partial charge in [0.1, 0.15) is 18.4 Å². The third-order valence-electron chi connectivity index (χ3n) is 5.80. The van der Waals surface area contributed by atoms with E-state index in [9.17, 15) is 4.79 Å². The second kappa shape index (κ2) is 9.54. The molecular weight excluding hydrogens is 446 g/mol. The average Bonchev–Trinajstić information content (AvgIpc) is 3.18. The van der Waals surface area contributed by atoms with Gasteiger partial charge in [-0.05, 0) is 35.3 Å². The van der Waals surface area contributed by atoms with Gasteiger partial charge in [-0.3, -0.25) is 4.79 Å². The van der Waals surface area contributed by atoms with Gasteiger partial charge >= 0.3 is 0 Å². The monoisotopic (exact) mass is 477 g/mol. The molecule has 2 heterocycles. The third kappa shape index (κ3) is 4.82. The van der Waals surface area contributed by atoms with Crippen molar-refractivity contribution in [2.75, 3.05) is 11.1 Å². The first kappa shape index (κ1) is 23.9. The number of aromatic nitrogens is 3. The number of rotatable bonds is 7. The Hall–Kier alpha value is -3.26. The van der Waals surface area contributed by atoms with E-state index in [0.29, 0.717) is 34.7 Å². The first-order chi connectivity index (χ1) is 16.2. The molecule has 8 heteroatoms. The molecule has 3 N–H and O–H groups in total. The zero-order chi connectivity index (χ0) is 24.5. The molecule has 2 aromatic carbocycles. The molecule has 0 spiro atoms. The predicted molar refractivity (Wildman–Crippen MR) is 136 cm³/mol. The minimum atomic E-state index is -0.535. The number of hydrogen-bond donors (Lipinski definition) is 2. The minimum Gasteiger partial charge on any atom is -0.489 e. The van der Waals surface area contributed by atoms with Crippen LogP contribution < -0.4 is 15.8 Å². The Morgan fingerprint density at radius 2 is 1.88 bits per heavy atom. The molecular formula is C26H31N5O2S. The van der Waals surface area contributed by atoms with Gasteiger partial charge in [-0.2, -0.15) is 4.98 Å². The van der Waals surface area contributed by atoms with Crippen molar-refractivity contribution < 1.29 is 9.53 Å². The van der Waals surface area contributed by atoms with Crippen LogP contribution in [-0.4, -0.2) is 26.4 Å². The zero-order valence-corrected chi connectivity index (χ0v) is 21.1. The molecule has 1 atom stereocenters. The molecule has 0 bridgehead atoms. The van der Waals surface area contributed by atoms with Gasteiger partial charge in [-0.25, -0.2) is 4.68 Å². The molecule has 1 aliphatic heterocycles. The predicted octanol–water partition coefficient (Wildman–Crippen LogP) is 5.04. The lowest BCUT2D eigenvalue weighted by atomic mass is 9.87. The highest BCUT2D eigenvalue weighted by Gasteiger charge is 2.35. The van der Waals surface area contributed by atoms with Gasteiger partial charge in [0.15, 0.2) is 0 Å². The first-order valence-corrected chi connectivity index (χ1v) is 12.4. The van der Waals surface area contributed by atoms with Crippen molar-refractivity contribution in [2.45, 2.75) is 57.8 Å². The van der Waals surface area contributed by atoms with E-state index in [2.05, 4.69) is 60.4 Å². The number of hydrogen-bond acceptors (Lipinski definition) is 6. The van der Waals surface area contributed by atoms with Crippen LogP contribution in [-0.2, 0) is 16.8 Å². The molecule has 1 aliphatic rings. The van der Waals surface area contributed by atoms with Crippen LogP contribution in [0.15, 0.2) is 65.0 Å². The lowest BCUT2D eigenvalue weighted by molar-refractivity contribution is -0.115. The van der Waals surface area contributed by atoms with Crippen molar-refractivity contribution in [1.29, 1.82) is 0 Å². The van der Waals surface area contributed by atoms with E-state index in [4.69, 9.17) is 10.5 Å². The van der Waals surface area contributed by atoms with Gasteiger partial charge in [-0.15, -0.1) is 5.10 Å². The minimum absolute atomic E-state index is 0.0980. The fraction of sp³-hybridized carbons (Fsp3) is 0.346. The summed E-state index contributed by atoms with van der Waals surface area (Å²) >= 11 is 1.54. The largest absolute Gasteiger partial charge is 0.489 e. The molecule has 178 valence electrons. The van der Waals surface area contributed by atoms with E-state index < -0.39 is 11.9 Å². The Morgan fingerprint density at radius 1 is 1.18 bits per heavy atom. The normalized spacial score (nSPS) is 15.6. The van der Waals surface area contributed by atoms with Crippen LogP contribution in [0, 0.1) is 0 Å². The summed E-state index contributed by atoms with van der Waals surface area (Å²) in [6.45, 7) is 10.9. The van der Waals surface area contributed by atoms with Gasteiger partial charge in [0.25, 0.3) is 0 Å². The summed E-state index contributed by atoms with van der Waals surface area (Å²) in [5, 5.41) is 8.49. The number of nitrogens with two attached hydrogens (primary N) is 1. The van der Waals surface area contributed by atoms with Crippen molar-refractivity contribution >= 4 is 23.6 Å². The molecule has 0 saturated carbocycles. The number of carbonyl (C=O) groups is 1. The molecule has 1 unspecified atom stereocenters. The summed E-state index contributed by atoms with van der Waals surface area (Å²) in [7, 11) is 0. The van der Waals surface area contributed by atoms with Crippen LogP contribution in [0.4, 0.5) is 5.95 Å². The van der Waals surface area contributed by atoms with Crippen molar-refractivity contribution in [1.82, 2.24) is 14.8 Å². The highest BCUT2D eigenvalue weighted by Crippen LogP contribution is 2.39. The van der Waals surface area contributed by atoms with E-state index in [1.165, 1.54) is 5.56 Å². The van der Waals surface area contributed by atoms with Gasteiger partial charge < -0.3 is 15.8 Å². The topological polar surface area (TPSA) is 95.1 Å². The molecule has 0 aliphatic carbocycles. The van der Waals surface area contributed by atoms with Gasteiger partial charge in [0.05, 0.1) is 5.57 Å². The van der Waals surface area contributed by atoms with E-state index in [0.717, 1.165) is 16.9 Å². The highest BCUT2D eigenvalue weighted by molar-refractivity contribution is 7.99. The number of nitrogens with one attached hydrogen (secondary N) is 1. The molecule has 34 heavy (non-hydrogen) atoms. The van der Waals surface area contributed by atoms with Crippen LogP contribution in [0.5, 0.6) is 5.75 Å². The number of ether oxygens (including phenoxy) is 1. The number of allylic oxidation sites excluding steroid dienone is 1. The standard InChI is InChI=1S/C26H31N5O2S/c1-6-34-25-29-24-28-16(2)21(23(27)32)22(31(24)30-25)19-9-7-8-10-20(19)33-15-17-11-13-18(14-12-17)26(3,4)5/h7-14,22H,6,15H2,1-5H3,(H2,27,32)(H,28,29,30). The highest BCUT2D eigenvalue weighted by atomic mass is 32.2. The summed E-state index contributed by atoms with van der Waals surface area (Å²) < 4.78 is 8.00. The van der Waals surface area contributed by atoms with E-state index in [-0.39, 0.29) is 5.41 Å². The number of carbonyl (C=O) groups excluding carboxylic acids is 1. The average molecular weight is 478 g/mol. The number of fused-ring (bicyclic) bond motifs is 1. The fourth-order valence-corrected chi connectivity index (χ4v) is 4.58. The fourth-order valence-electron chi connectivity index (χ4n) is 4.03. The van der Waals surface area contributed by atoms with Gasteiger partial charge in [-0.1, -0.05) is 81.9 Å². The maximum absolute atomic E-state index is 12.5. The van der Waals surface area contributed by atoms with Crippen LogP contribution in [0.2, 0.25) is 0 Å². The number of benzene rings is 2. The molecule has 7 nitrogen and oxygen atoms in total. The number of nitrogens with zero attached hydrogens (tertiary/aromatic N) is 3. The van der Waals surface area contributed by atoms with Crippen LogP contribution >= 0.6 is 11.8 Å². The quantitative estimate of drug-likeness (QED) is 0.463. The van der Waals surface area contributed by atoms with Gasteiger partial charge in [0.2, 0.25) is 17.0 Å². The van der Waals surface area contributed by atoms with Crippen molar-refractivity contribution in [2.24, 2.45) is 5.73 Å². The molecule has 0 radical (unpaired) electrons. The molecule has 0 saturated heterocycles. The number of amides is 1. The molecule has 3 aromatic rings. The van der Waals surface area contributed by atoms with E-state index >= 15 is 0 Å². The van der Waals surface area contributed by atoms with Crippen molar-refractivity contribution in [3.05, 3.63) is 76.5 Å². The van der Waals surface area contributed by atoms with Gasteiger partial charge in [0, 0.05) is 11.3 Å². The SMILES string of the molecule is CCSc1nc2n(n1)C(c1ccccc1OCc1ccc(C(C)(C)C)cc1)C(C(N)=O)=C(C)N2. The van der Waals surface area contributed by atoms with Crippen LogP contribution in [0.25, 0.3) is 0 Å². The first-order valence-electron chi connectivity index (χ1n) is 11.4. The maximum Gasteiger partial charge on any atom is 0.248 e. The number of para-hydroxylation sites is 1. The number of primary amides is 1. The second-order valence-electron chi connectivity index (χ2n) is 9.30. The van der Waals surface area contributed by atoms with E-state index in [1.54, 1.807) is 16.4 Å². The number of anilines is 1. The summed E-state index contributed by atoms with van der Waals surface area (Å²) in [5.41, 5.74) is 10.2. The maximum atomic E-state index is 12.5. The summed E-state index contributed by atoms with van der Waals surface area (Å²) in [5.74, 6) is 1.59. The van der Waals surface area contributed by atoms with E-state index in [1.807, 2.05) is 38.1 Å². The molecule has 4 rings (SSSR count). The smallest absolute Gasteiger partial charge is 0.248 e. The van der Waals surface area contributed by atoms with Crippen molar-refractivity contribution in [3.8, 4) is 5.75 Å². The van der Waals surface area contributed by atoms with Crippen LogP contribution in [0.1, 0.15) is 57.4 Å². The Bertz CT molecular complexity index is 1220. The second-order valence-corrected chi connectivity index (χ2v) is 10.5. The Morgan fingerprint density at radius 3 is 2.53 bits per heavy atom. The zero-order valence-electron chi connectivity index (χ0n) is 20.3. The molecule has 1 aromatic heterocycles. The Labute approximate surface area is 204 Å². The summed E-state index contributed by atoms with van der Waals surface area (Å²) in [4.78, 5) is 17.1. The van der Waals surface area contributed by atoms with Crippen LogP contribution in [0.3, 0.4) is 0 Å². The van der Waals surface area contributed by atoms with Crippen molar-refractivity contribution in [3.63, 3.8) is 0 Å². The molecule has 1 amide bonds. The third-order valence-corrected chi connectivity index (χ3v) is 6.52. The number of thioether (sulfide) groups is 1. The Balaban J connectivity index is 1.68. The summed E-state index contributed by atoms with van der Waals surface area (Å²) in [6, 6.07) is 15.6. The summed E-state index contributed by atoms with van der Waals surface area (Å²) in [6.07, 6.45) is 0. The lowest BCUT2D eigenvalue weighted by Gasteiger charge is -2.28. The lowest BCUT2D eigenvalue weighted by Crippen LogP contribution is -2.32.